The summed E-state index contributed by atoms with van der Waals surface area (Å²) in [6, 6.07) is 7.20. The molecule has 0 unspecified atom stereocenters. The number of carbonyl (C=O) groups excluding carboxylic acids is 1. The lowest BCUT2D eigenvalue weighted by atomic mass is 10.3. The zero-order valence-electron chi connectivity index (χ0n) is 8.74. The van der Waals surface area contributed by atoms with Crippen LogP contribution in [-0.2, 0) is 9.63 Å². The number of carbonyl (C=O) groups is 1. The van der Waals surface area contributed by atoms with E-state index in [1.165, 1.54) is 7.11 Å². The van der Waals surface area contributed by atoms with E-state index in [-0.39, 0.29) is 12.5 Å². The summed E-state index contributed by atoms with van der Waals surface area (Å²) in [4.78, 5) is 15.9. The Bertz CT molecular complexity index is 328. The first kappa shape index (κ1) is 11.5. The van der Waals surface area contributed by atoms with Crippen LogP contribution in [0.25, 0.3) is 0 Å². The average molecular weight is 210 g/mol. The Hall–Kier alpha value is -1.59. The van der Waals surface area contributed by atoms with E-state index in [1.54, 1.807) is 19.2 Å². The summed E-state index contributed by atoms with van der Waals surface area (Å²) in [5.41, 5.74) is 3.09. The Morgan fingerprint density at radius 3 is 2.73 bits per heavy atom. The van der Waals surface area contributed by atoms with Gasteiger partial charge in [-0.05, 0) is 12.1 Å². The van der Waals surface area contributed by atoms with Crippen LogP contribution in [0.3, 0.4) is 0 Å². The highest BCUT2D eigenvalue weighted by molar-refractivity contribution is 5.93. The molecule has 0 saturated heterocycles. The van der Waals surface area contributed by atoms with Crippen molar-refractivity contribution >= 4 is 11.6 Å². The summed E-state index contributed by atoms with van der Waals surface area (Å²) in [6.45, 7) is 0.0918. The number of hydroxylamine groups is 1. The van der Waals surface area contributed by atoms with E-state index in [4.69, 9.17) is 4.74 Å². The van der Waals surface area contributed by atoms with Gasteiger partial charge in [-0.3, -0.25) is 4.79 Å². The third kappa shape index (κ3) is 3.57. The second-order valence-corrected chi connectivity index (χ2v) is 2.77. The van der Waals surface area contributed by atoms with E-state index in [2.05, 4.69) is 15.6 Å². The number of para-hydroxylation sites is 2. The summed E-state index contributed by atoms with van der Waals surface area (Å²) in [5.74, 6) is 0.435. The molecule has 2 N–H and O–H groups in total. The van der Waals surface area contributed by atoms with Gasteiger partial charge in [0.15, 0.2) is 0 Å². The maximum Gasteiger partial charge on any atom is 0.240 e. The first-order chi connectivity index (χ1) is 7.27. The fourth-order valence-corrected chi connectivity index (χ4v) is 1.08. The Morgan fingerprint density at radius 2 is 2.07 bits per heavy atom. The highest BCUT2D eigenvalue weighted by atomic mass is 16.6. The number of ether oxygens (including phenoxy) is 1. The van der Waals surface area contributed by atoms with Gasteiger partial charge in [0.2, 0.25) is 5.91 Å². The minimum Gasteiger partial charge on any atom is -0.495 e. The number of benzene rings is 1. The van der Waals surface area contributed by atoms with Crippen molar-refractivity contribution in [1.82, 2.24) is 5.48 Å². The molecule has 1 amide bonds. The van der Waals surface area contributed by atoms with Crippen LogP contribution in [0.4, 0.5) is 5.69 Å². The summed E-state index contributed by atoms with van der Waals surface area (Å²) < 4.78 is 5.08. The quantitative estimate of drug-likeness (QED) is 0.705. The highest BCUT2D eigenvalue weighted by Crippen LogP contribution is 2.22. The van der Waals surface area contributed by atoms with Crippen LogP contribution in [-0.4, -0.2) is 26.7 Å². The molecule has 1 aromatic carbocycles. The number of nitrogens with one attached hydrogen (secondary N) is 2. The van der Waals surface area contributed by atoms with E-state index in [0.29, 0.717) is 11.4 Å². The molecule has 0 aromatic heterocycles. The van der Waals surface area contributed by atoms with Gasteiger partial charge in [-0.25, -0.2) is 0 Å². The van der Waals surface area contributed by atoms with Crippen molar-refractivity contribution < 1.29 is 14.4 Å². The minimum atomic E-state index is -0.193. The molecule has 1 aromatic rings. The Kier molecular flexibility index (Phi) is 4.59. The van der Waals surface area contributed by atoms with E-state index < -0.39 is 0 Å². The molecular weight excluding hydrogens is 196 g/mol. The van der Waals surface area contributed by atoms with Gasteiger partial charge in [0.05, 0.1) is 19.9 Å². The average Bonchev–Trinajstić information content (AvgIpc) is 2.27. The van der Waals surface area contributed by atoms with Gasteiger partial charge in [0.1, 0.15) is 12.3 Å². The van der Waals surface area contributed by atoms with Gasteiger partial charge in [-0.1, -0.05) is 12.1 Å². The number of amides is 1. The van der Waals surface area contributed by atoms with Crippen molar-refractivity contribution in [2.45, 2.75) is 0 Å². The second kappa shape index (κ2) is 6.00. The molecule has 0 heterocycles. The van der Waals surface area contributed by atoms with Gasteiger partial charge >= 0.3 is 0 Å². The third-order valence-electron chi connectivity index (χ3n) is 1.76. The maximum absolute atomic E-state index is 11.3. The largest absolute Gasteiger partial charge is 0.495 e. The van der Waals surface area contributed by atoms with Gasteiger partial charge in [0.25, 0.3) is 0 Å². The second-order valence-electron chi connectivity index (χ2n) is 2.77. The van der Waals surface area contributed by atoms with Crippen molar-refractivity contribution in [3.63, 3.8) is 0 Å². The first-order valence-electron chi connectivity index (χ1n) is 4.46. The van der Waals surface area contributed by atoms with Crippen molar-refractivity contribution in [2.24, 2.45) is 0 Å². The number of rotatable bonds is 5. The van der Waals surface area contributed by atoms with E-state index in [1.807, 2.05) is 12.1 Å². The topological polar surface area (TPSA) is 59.6 Å². The van der Waals surface area contributed by atoms with Crippen LogP contribution in [0.1, 0.15) is 0 Å². The molecule has 0 radical (unpaired) electrons. The maximum atomic E-state index is 11.3. The van der Waals surface area contributed by atoms with Gasteiger partial charge in [0, 0.05) is 0 Å². The van der Waals surface area contributed by atoms with Crippen LogP contribution in [0.5, 0.6) is 5.75 Å². The Labute approximate surface area is 88.3 Å². The lowest BCUT2D eigenvalue weighted by Crippen LogP contribution is -2.27. The van der Waals surface area contributed by atoms with Crippen LogP contribution < -0.4 is 15.5 Å². The van der Waals surface area contributed by atoms with E-state index in [9.17, 15) is 4.79 Å². The van der Waals surface area contributed by atoms with Crippen LogP contribution in [0, 0.1) is 0 Å². The summed E-state index contributed by atoms with van der Waals surface area (Å²) in [5, 5.41) is 2.69. The van der Waals surface area contributed by atoms with Crippen molar-refractivity contribution in [3.8, 4) is 5.75 Å². The van der Waals surface area contributed by atoms with Gasteiger partial charge < -0.3 is 14.9 Å². The molecule has 15 heavy (non-hydrogen) atoms. The zero-order chi connectivity index (χ0) is 11.1. The van der Waals surface area contributed by atoms with Crippen LogP contribution in [0.15, 0.2) is 24.3 Å². The normalized spacial score (nSPS) is 9.73. The molecule has 5 heteroatoms. The standard InChI is InChI=1S/C10H14N2O3/c1-14-9-6-4-3-5-8(9)12-10(13)7-11-15-2/h3-6,11H,7H2,1-2H3,(H,12,13). The van der Waals surface area contributed by atoms with Gasteiger partial charge in [-0.15, -0.1) is 0 Å². The fourth-order valence-electron chi connectivity index (χ4n) is 1.08. The smallest absolute Gasteiger partial charge is 0.240 e. The summed E-state index contributed by atoms with van der Waals surface area (Å²) >= 11 is 0. The predicted molar refractivity (Wildman–Crippen MR) is 56.6 cm³/mol. The summed E-state index contributed by atoms with van der Waals surface area (Å²) in [6.07, 6.45) is 0. The lowest BCUT2D eigenvalue weighted by molar-refractivity contribution is -0.117. The first-order valence-corrected chi connectivity index (χ1v) is 4.46. The number of anilines is 1. The van der Waals surface area contributed by atoms with Crippen LogP contribution in [0.2, 0.25) is 0 Å². The summed E-state index contributed by atoms with van der Waals surface area (Å²) in [7, 11) is 3.01. The molecular formula is C10H14N2O3. The molecule has 0 fully saturated rings. The molecule has 5 nitrogen and oxygen atoms in total. The SMILES string of the molecule is CONCC(=O)Nc1ccccc1OC. The molecule has 0 aliphatic heterocycles. The Morgan fingerprint density at radius 1 is 1.33 bits per heavy atom. The molecule has 0 spiro atoms. The molecule has 0 aliphatic carbocycles. The molecule has 0 bridgehead atoms. The van der Waals surface area contributed by atoms with Gasteiger partial charge in [-0.2, -0.15) is 5.48 Å². The fraction of sp³-hybridized carbons (Fsp3) is 0.300. The third-order valence-corrected chi connectivity index (χ3v) is 1.76. The monoisotopic (exact) mass is 210 g/mol. The van der Waals surface area contributed by atoms with Crippen molar-refractivity contribution in [1.29, 1.82) is 0 Å². The molecule has 82 valence electrons. The predicted octanol–water partition coefficient (Wildman–Crippen LogP) is 0.785. The molecule has 1 rings (SSSR count). The van der Waals surface area contributed by atoms with Crippen molar-refractivity contribution in [2.75, 3.05) is 26.1 Å². The minimum absolute atomic E-state index is 0.0918. The van der Waals surface area contributed by atoms with Crippen molar-refractivity contribution in [3.05, 3.63) is 24.3 Å². The Balaban J connectivity index is 2.59. The molecule has 0 atom stereocenters. The number of hydrogen-bond acceptors (Lipinski definition) is 4. The number of methoxy groups -OCH3 is 1. The number of hydrogen-bond donors (Lipinski definition) is 2. The molecule has 0 aliphatic rings. The lowest BCUT2D eigenvalue weighted by Gasteiger charge is -2.09. The van der Waals surface area contributed by atoms with Crippen LogP contribution >= 0.6 is 0 Å². The van der Waals surface area contributed by atoms with E-state index >= 15 is 0 Å². The highest BCUT2D eigenvalue weighted by Gasteiger charge is 2.05. The molecule has 0 saturated carbocycles. The zero-order valence-corrected chi connectivity index (χ0v) is 8.74. The van der Waals surface area contributed by atoms with E-state index in [0.717, 1.165) is 0 Å².